The lowest BCUT2D eigenvalue weighted by Crippen LogP contribution is -2.01. The lowest BCUT2D eigenvalue weighted by molar-refractivity contribution is 0.340. The van der Waals surface area contributed by atoms with E-state index in [0.717, 1.165) is 22.6 Å². The summed E-state index contributed by atoms with van der Waals surface area (Å²) in [6.07, 6.45) is 0. The molecule has 0 atom stereocenters. The van der Waals surface area contributed by atoms with E-state index in [1.54, 1.807) is 0 Å². The summed E-state index contributed by atoms with van der Waals surface area (Å²) in [6.45, 7) is 4.99. The minimum Gasteiger partial charge on any atom is -0.494 e. The highest BCUT2D eigenvalue weighted by Crippen LogP contribution is 2.32. The fourth-order valence-corrected chi connectivity index (χ4v) is 2.75. The summed E-state index contributed by atoms with van der Waals surface area (Å²) in [5.74, 6) is 1.49. The van der Waals surface area contributed by atoms with E-state index in [9.17, 15) is 10.5 Å². The Morgan fingerprint density at radius 3 is 1.32 bits per heavy atom. The van der Waals surface area contributed by atoms with Gasteiger partial charge in [0.15, 0.2) is 11.4 Å². The molecule has 0 radical (unpaired) electrons. The van der Waals surface area contributed by atoms with Crippen LogP contribution < -0.4 is 9.47 Å². The quantitative estimate of drug-likeness (QED) is 0.640. The van der Waals surface area contributed by atoms with Crippen molar-refractivity contribution >= 4 is 0 Å². The third-order valence-corrected chi connectivity index (χ3v) is 3.99. The molecule has 0 aliphatic rings. The Morgan fingerprint density at radius 1 is 0.679 bits per heavy atom. The number of ether oxygens (including phenoxy) is 2. The number of aromatic nitrogens is 2. The molecule has 3 rings (SSSR count). The van der Waals surface area contributed by atoms with Crippen LogP contribution in [-0.2, 0) is 0 Å². The average Bonchev–Trinajstić information content (AvgIpc) is 2.74. The van der Waals surface area contributed by atoms with Gasteiger partial charge in [0.1, 0.15) is 23.6 Å². The van der Waals surface area contributed by atoms with Crippen molar-refractivity contribution in [1.29, 1.82) is 10.5 Å². The zero-order chi connectivity index (χ0) is 19.9. The Morgan fingerprint density at radius 2 is 1.04 bits per heavy atom. The summed E-state index contributed by atoms with van der Waals surface area (Å²) < 4.78 is 11.0. The number of hydrogen-bond donors (Lipinski definition) is 0. The highest BCUT2D eigenvalue weighted by Gasteiger charge is 2.17. The van der Waals surface area contributed by atoms with Crippen molar-refractivity contribution in [2.45, 2.75) is 13.8 Å². The smallest absolute Gasteiger partial charge is 0.177 e. The van der Waals surface area contributed by atoms with Crippen LogP contribution in [0.5, 0.6) is 11.5 Å². The summed E-state index contributed by atoms with van der Waals surface area (Å²) in [6, 6.07) is 18.7. The monoisotopic (exact) mass is 370 g/mol. The molecule has 0 unspecified atom stereocenters. The summed E-state index contributed by atoms with van der Waals surface area (Å²) in [5.41, 5.74) is 2.62. The molecule has 0 spiro atoms. The van der Waals surface area contributed by atoms with Gasteiger partial charge >= 0.3 is 0 Å². The Kier molecular flexibility index (Phi) is 5.84. The third-order valence-electron chi connectivity index (χ3n) is 3.99. The molecule has 0 N–H and O–H groups in total. The van der Waals surface area contributed by atoms with Gasteiger partial charge in [-0.15, -0.1) is 0 Å². The fraction of sp³-hybridized carbons (Fsp3) is 0.182. The summed E-state index contributed by atoms with van der Waals surface area (Å²) in [5, 5.41) is 18.7. The van der Waals surface area contributed by atoms with Crippen LogP contribution in [0.2, 0.25) is 0 Å². The Balaban J connectivity index is 2.14. The molecule has 0 fully saturated rings. The molecular formula is C22H18N4O2. The Hall–Kier alpha value is -3.90. The number of nitriles is 2. The maximum atomic E-state index is 9.35. The van der Waals surface area contributed by atoms with Gasteiger partial charge in [-0.3, -0.25) is 0 Å². The number of benzene rings is 2. The SMILES string of the molecule is CCOc1ccc(-c2nc(C#N)c(C#N)nc2-c2ccc(OCC)cc2)cc1. The minimum absolute atomic E-state index is 0.000992. The van der Waals surface area contributed by atoms with Gasteiger partial charge in [0.2, 0.25) is 0 Å². The van der Waals surface area contributed by atoms with Crippen LogP contribution in [0.25, 0.3) is 22.5 Å². The second-order valence-electron chi connectivity index (χ2n) is 5.76. The molecule has 6 nitrogen and oxygen atoms in total. The van der Waals surface area contributed by atoms with Gasteiger partial charge in [-0.05, 0) is 62.4 Å². The Bertz CT molecular complexity index is 960. The minimum atomic E-state index is 0.000992. The summed E-state index contributed by atoms with van der Waals surface area (Å²) >= 11 is 0. The first-order valence-electron chi connectivity index (χ1n) is 8.88. The molecule has 28 heavy (non-hydrogen) atoms. The van der Waals surface area contributed by atoms with Crippen molar-refractivity contribution in [2.75, 3.05) is 13.2 Å². The van der Waals surface area contributed by atoms with E-state index in [4.69, 9.17) is 9.47 Å². The first-order valence-corrected chi connectivity index (χ1v) is 8.88. The van der Waals surface area contributed by atoms with Crippen molar-refractivity contribution in [3.8, 4) is 46.2 Å². The third kappa shape index (κ3) is 3.92. The summed E-state index contributed by atoms with van der Waals surface area (Å²) in [4.78, 5) is 8.85. The van der Waals surface area contributed by atoms with E-state index in [2.05, 4.69) is 9.97 Å². The van der Waals surface area contributed by atoms with E-state index in [0.29, 0.717) is 24.6 Å². The van der Waals surface area contributed by atoms with Crippen molar-refractivity contribution in [2.24, 2.45) is 0 Å². The van der Waals surface area contributed by atoms with Gasteiger partial charge in [0.25, 0.3) is 0 Å². The first kappa shape index (κ1) is 18.9. The molecule has 0 saturated heterocycles. The highest BCUT2D eigenvalue weighted by atomic mass is 16.5. The molecule has 0 amide bonds. The second-order valence-corrected chi connectivity index (χ2v) is 5.76. The average molecular weight is 370 g/mol. The van der Waals surface area contributed by atoms with Gasteiger partial charge in [0, 0.05) is 11.1 Å². The summed E-state index contributed by atoms with van der Waals surface area (Å²) in [7, 11) is 0. The molecule has 0 saturated carbocycles. The van der Waals surface area contributed by atoms with E-state index >= 15 is 0 Å². The maximum Gasteiger partial charge on any atom is 0.177 e. The van der Waals surface area contributed by atoms with Crippen LogP contribution in [0, 0.1) is 22.7 Å². The zero-order valence-electron chi connectivity index (χ0n) is 15.6. The van der Waals surface area contributed by atoms with E-state index in [1.807, 2.05) is 74.5 Å². The van der Waals surface area contributed by atoms with Crippen LogP contribution in [-0.4, -0.2) is 23.2 Å². The number of rotatable bonds is 6. The molecular weight excluding hydrogens is 352 g/mol. The Labute approximate surface area is 163 Å². The predicted molar refractivity (Wildman–Crippen MR) is 105 cm³/mol. The second kappa shape index (κ2) is 8.66. The molecule has 1 aromatic heterocycles. The van der Waals surface area contributed by atoms with Crippen molar-refractivity contribution in [3.05, 3.63) is 59.9 Å². The highest BCUT2D eigenvalue weighted by molar-refractivity contribution is 5.79. The van der Waals surface area contributed by atoms with Crippen molar-refractivity contribution in [3.63, 3.8) is 0 Å². The lowest BCUT2D eigenvalue weighted by Gasteiger charge is -2.11. The maximum absolute atomic E-state index is 9.35. The molecule has 1 heterocycles. The number of hydrogen-bond acceptors (Lipinski definition) is 6. The molecule has 0 bridgehead atoms. The normalized spacial score (nSPS) is 10.0. The van der Waals surface area contributed by atoms with Crippen molar-refractivity contribution < 1.29 is 9.47 Å². The van der Waals surface area contributed by atoms with E-state index in [-0.39, 0.29) is 11.4 Å². The van der Waals surface area contributed by atoms with Gasteiger partial charge < -0.3 is 9.47 Å². The largest absolute Gasteiger partial charge is 0.494 e. The van der Waals surface area contributed by atoms with Crippen LogP contribution in [0.15, 0.2) is 48.5 Å². The molecule has 138 valence electrons. The van der Waals surface area contributed by atoms with Crippen LogP contribution in [0.4, 0.5) is 0 Å². The lowest BCUT2D eigenvalue weighted by atomic mass is 10.0. The van der Waals surface area contributed by atoms with Gasteiger partial charge in [0.05, 0.1) is 24.6 Å². The number of nitrogens with zero attached hydrogens (tertiary/aromatic N) is 4. The van der Waals surface area contributed by atoms with Crippen LogP contribution in [0.1, 0.15) is 25.2 Å². The van der Waals surface area contributed by atoms with Crippen LogP contribution in [0.3, 0.4) is 0 Å². The van der Waals surface area contributed by atoms with Crippen LogP contribution >= 0.6 is 0 Å². The molecule has 6 heteroatoms. The zero-order valence-corrected chi connectivity index (χ0v) is 15.6. The van der Waals surface area contributed by atoms with Gasteiger partial charge in [-0.1, -0.05) is 0 Å². The van der Waals surface area contributed by atoms with E-state index in [1.165, 1.54) is 0 Å². The predicted octanol–water partition coefficient (Wildman–Crippen LogP) is 4.35. The molecule has 3 aromatic rings. The molecule has 0 aliphatic carbocycles. The van der Waals surface area contributed by atoms with Crippen molar-refractivity contribution in [1.82, 2.24) is 9.97 Å². The van der Waals surface area contributed by atoms with Gasteiger partial charge in [-0.25, -0.2) is 9.97 Å². The van der Waals surface area contributed by atoms with Gasteiger partial charge in [-0.2, -0.15) is 10.5 Å². The standard InChI is InChI=1S/C22H18N4O2/c1-3-27-17-9-5-15(6-10-17)21-22(26-20(14-24)19(13-23)25-21)16-7-11-18(12-8-16)28-4-2/h5-12H,3-4H2,1-2H3. The first-order chi connectivity index (χ1) is 13.7. The molecule has 2 aromatic carbocycles. The van der Waals surface area contributed by atoms with E-state index < -0.39 is 0 Å². The molecule has 0 aliphatic heterocycles. The fourth-order valence-electron chi connectivity index (χ4n) is 2.75. The topological polar surface area (TPSA) is 91.8 Å².